The molecule has 0 aliphatic rings. The highest BCUT2D eigenvalue weighted by molar-refractivity contribution is 6.30. The van der Waals surface area contributed by atoms with E-state index >= 15 is 0 Å². The van der Waals surface area contributed by atoms with Gasteiger partial charge in [-0.3, -0.25) is 4.79 Å². The van der Waals surface area contributed by atoms with E-state index in [-0.39, 0.29) is 25.0 Å². The number of hydrogen-bond acceptors (Lipinski definition) is 1. The molecular formula is C12H12ClF3O. The molecule has 0 N–H and O–H groups in total. The molecule has 1 nitrogen and oxygen atoms in total. The van der Waals surface area contributed by atoms with Crippen LogP contribution in [0.3, 0.4) is 0 Å². The summed E-state index contributed by atoms with van der Waals surface area (Å²) in [6.07, 6.45) is -5.15. The number of benzene rings is 1. The van der Waals surface area contributed by atoms with Gasteiger partial charge in [-0.1, -0.05) is 23.7 Å². The molecule has 0 radical (unpaired) electrons. The summed E-state index contributed by atoms with van der Waals surface area (Å²) >= 11 is 5.73. The molecule has 0 aliphatic carbocycles. The second-order valence-electron chi connectivity index (χ2n) is 3.81. The first kappa shape index (κ1) is 14.0. The first-order chi connectivity index (χ1) is 7.87. The number of carbonyl (C=O) groups excluding carboxylic acids is 1. The van der Waals surface area contributed by atoms with E-state index in [1.807, 2.05) is 0 Å². The summed E-state index contributed by atoms with van der Waals surface area (Å²) in [6, 6.07) is 6.76. The number of rotatable bonds is 5. The van der Waals surface area contributed by atoms with Crippen molar-refractivity contribution in [2.75, 3.05) is 0 Å². The summed E-state index contributed by atoms with van der Waals surface area (Å²) in [7, 11) is 0. The number of alkyl halides is 3. The van der Waals surface area contributed by atoms with Crippen LogP contribution >= 0.6 is 11.6 Å². The van der Waals surface area contributed by atoms with Gasteiger partial charge in [0.25, 0.3) is 0 Å². The molecule has 1 aromatic rings. The zero-order chi connectivity index (χ0) is 12.9. The Morgan fingerprint density at radius 2 is 2.00 bits per heavy atom. The Morgan fingerprint density at radius 1 is 1.29 bits per heavy atom. The first-order valence-electron chi connectivity index (χ1n) is 5.20. The molecule has 94 valence electrons. The Balaban J connectivity index is 2.35. The quantitative estimate of drug-likeness (QED) is 0.779. The lowest BCUT2D eigenvalue weighted by Crippen LogP contribution is -2.09. The van der Waals surface area contributed by atoms with Crippen molar-refractivity contribution in [3.63, 3.8) is 0 Å². The summed E-state index contributed by atoms with van der Waals surface area (Å²) < 4.78 is 35.6. The van der Waals surface area contributed by atoms with Gasteiger partial charge in [-0.15, -0.1) is 0 Å². The summed E-state index contributed by atoms with van der Waals surface area (Å²) in [5.74, 6) is -0.198. The van der Waals surface area contributed by atoms with Crippen LogP contribution < -0.4 is 0 Å². The molecule has 0 aliphatic heterocycles. The Labute approximate surface area is 103 Å². The number of ketones is 1. The molecule has 5 heteroatoms. The topological polar surface area (TPSA) is 17.1 Å². The lowest BCUT2D eigenvalue weighted by molar-refractivity contribution is -0.137. The molecule has 0 bridgehead atoms. The average molecular weight is 265 g/mol. The van der Waals surface area contributed by atoms with Gasteiger partial charge in [-0.25, -0.2) is 0 Å². The lowest BCUT2D eigenvalue weighted by Gasteiger charge is -2.05. The van der Waals surface area contributed by atoms with Gasteiger partial charge < -0.3 is 0 Å². The van der Waals surface area contributed by atoms with Crippen LogP contribution in [0, 0.1) is 0 Å². The van der Waals surface area contributed by atoms with Gasteiger partial charge in [-0.05, 0) is 24.1 Å². The van der Waals surface area contributed by atoms with Gasteiger partial charge in [-0.2, -0.15) is 13.2 Å². The molecule has 0 aromatic heterocycles. The van der Waals surface area contributed by atoms with E-state index in [1.54, 1.807) is 24.3 Å². The van der Waals surface area contributed by atoms with Crippen molar-refractivity contribution in [1.82, 2.24) is 0 Å². The van der Waals surface area contributed by atoms with Crippen LogP contribution in [-0.2, 0) is 11.2 Å². The van der Waals surface area contributed by atoms with Crippen LogP contribution in [0.4, 0.5) is 13.2 Å². The third-order valence-electron chi connectivity index (χ3n) is 2.21. The van der Waals surface area contributed by atoms with E-state index in [9.17, 15) is 18.0 Å². The van der Waals surface area contributed by atoms with Crippen LogP contribution in [0.1, 0.15) is 24.8 Å². The van der Waals surface area contributed by atoms with E-state index in [2.05, 4.69) is 0 Å². The third kappa shape index (κ3) is 6.31. The fourth-order valence-electron chi connectivity index (χ4n) is 1.45. The maximum Gasteiger partial charge on any atom is 0.389 e. The van der Waals surface area contributed by atoms with Crippen LogP contribution in [0.15, 0.2) is 24.3 Å². The van der Waals surface area contributed by atoms with Gasteiger partial charge in [0.05, 0.1) is 0 Å². The summed E-state index contributed by atoms with van der Waals surface area (Å²) in [5, 5.41) is 0.519. The van der Waals surface area contributed by atoms with Crippen molar-refractivity contribution >= 4 is 17.4 Å². The van der Waals surface area contributed by atoms with Crippen molar-refractivity contribution in [3.8, 4) is 0 Å². The van der Waals surface area contributed by atoms with Gasteiger partial charge >= 0.3 is 6.18 Å². The summed E-state index contributed by atoms with van der Waals surface area (Å²) in [5.41, 5.74) is 0.731. The zero-order valence-electron chi connectivity index (χ0n) is 9.06. The van der Waals surface area contributed by atoms with Crippen molar-refractivity contribution < 1.29 is 18.0 Å². The van der Waals surface area contributed by atoms with Crippen molar-refractivity contribution in [2.45, 2.75) is 31.9 Å². The lowest BCUT2D eigenvalue weighted by atomic mass is 10.0. The third-order valence-corrected chi connectivity index (χ3v) is 2.44. The predicted octanol–water partition coefficient (Wildman–Crippen LogP) is 4.18. The number of halogens is 4. The highest BCUT2D eigenvalue weighted by Crippen LogP contribution is 2.22. The van der Waals surface area contributed by atoms with Crippen LogP contribution in [0.25, 0.3) is 0 Å². The van der Waals surface area contributed by atoms with Crippen molar-refractivity contribution in [3.05, 3.63) is 34.9 Å². The van der Waals surface area contributed by atoms with Crippen LogP contribution in [0.2, 0.25) is 5.02 Å². The minimum absolute atomic E-state index is 0.0496. The fourth-order valence-corrected chi connectivity index (χ4v) is 1.66. The Hall–Kier alpha value is -1.03. The molecule has 0 saturated carbocycles. The molecule has 0 spiro atoms. The minimum Gasteiger partial charge on any atom is -0.299 e. The molecule has 0 atom stereocenters. The van der Waals surface area contributed by atoms with Crippen molar-refractivity contribution in [1.29, 1.82) is 0 Å². The van der Waals surface area contributed by atoms with Crippen molar-refractivity contribution in [2.24, 2.45) is 0 Å². The molecule has 0 amide bonds. The van der Waals surface area contributed by atoms with E-state index in [0.717, 1.165) is 5.56 Å². The molecule has 0 saturated heterocycles. The number of carbonyl (C=O) groups is 1. The molecule has 1 aromatic carbocycles. The first-order valence-corrected chi connectivity index (χ1v) is 5.57. The largest absolute Gasteiger partial charge is 0.389 e. The Morgan fingerprint density at radius 3 is 2.59 bits per heavy atom. The van der Waals surface area contributed by atoms with Crippen LogP contribution in [0.5, 0.6) is 0 Å². The standard InChI is InChI=1S/C12H12ClF3O/c13-10-4-1-3-9(7-10)8-11(17)5-2-6-12(14,15)16/h1,3-4,7H,2,5-6,8H2. The summed E-state index contributed by atoms with van der Waals surface area (Å²) in [6.45, 7) is 0. The van der Waals surface area contributed by atoms with E-state index in [1.165, 1.54) is 0 Å². The van der Waals surface area contributed by atoms with Gasteiger partial charge in [0.1, 0.15) is 5.78 Å². The normalized spacial score (nSPS) is 11.5. The molecule has 0 fully saturated rings. The second kappa shape index (κ2) is 6.05. The Kier molecular flexibility index (Phi) is 5.00. The highest BCUT2D eigenvalue weighted by Gasteiger charge is 2.26. The number of Topliss-reactive ketones (excluding diaryl/α,β-unsaturated/α-hetero) is 1. The molecule has 0 heterocycles. The van der Waals surface area contributed by atoms with E-state index in [4.69, 9.17) is 11.6 Å². The maximum absolute atomic E-state index is 11.9. The molecule has 0 unspecified atom stereocenters. The zero-order valence-corrected chi connectivity index (χ0v) is 9.81. The predicted molar refractivity (Wildman–Crippen MR) is 60.1 cm³/mol. The smallest absolute Gasteiger partial charge is 0.299 e. The van der Waals surface area contributed by atoms with E-state index in [0.29, 0.717) is 5.02 Å². The van der Waals surface area contributed by atoms with Gasteiger partial charge in [0.15, 0.2) is 0 Å². The number of hydrogen-bond donors (Lipinski definition) is 0. The van der Waals surface area contributed by atoms with Gasteiger partial charge in [0.2, 0.25) is 0 Å². The summed E-state index contributed by atoms with van der Waals surface area (Å²) in [4.78, 5) is 11.4. The van der Waals surface area contributed by atoms with Gasteiger partial charge in [0, 0.05) is 24.3 Å². The highest BCUT2D eigenvalue weighted by atomic mass is 35.5. The monoisotopic (exact) mass is 264 g/mol. The average Bonchev–Trinajstić information content (AvgIpc) is 2.15. The fraction of sp³-hybridized carbons (Fsp3) is 0.417. The molecule has 17 heavy (non-hydrogen) atoms. The van der Waals surface area contributed by atoms with E-state index < -0.39 is 12.6 Å². The van der Waals surface area contributed by atoms with Crippen LogP contribution in [-0.4, -0.2) is 12.0 Å². The Bertz CT molecular complexity index is 388. The molecule has 1 rings (SSSR count). The molecular weight excluding hydrogens is 253 g/mol. The SMILES string of the molecule is O=C(CCCC(F)(F)F)Cc1cccc(Cl)c1. The maximum atomic E-state index is 11.9. The second-order valence-corrected chi connectivity index (χ2v) is 4.25. The minimum atomic E-state index is -4.18.